The van der Waals surface area contributed by atoms with E-state index in [1.165, 1.54) is 7.11 Å². The molecule has 1 aromatic carbocycles. The second-order valence-electron chi connectivity index (χ2n) is 3.37. The second-order valence-corrected chi connectivity index (χ2v) is 4.38. The van der Waals surface area contributed by atoms with Crippen molar-refractivity contribution in [3.8, 4) is 5.75 Å². The summed E-state index contributed by atoms with van der Waals surface area (Å²) in [4.78, 5) is 11.9. The van der Waals surface area contributed by atoms with Crippen LogP contribution in [0.15, 0.2) is 18.2 Å². The lowest BCUT2D eigenvalue weighted by molar-refractivity contribution is 0.0521. The summed E-state index contributed by atoms with van der Waals surface area (Å²) in [6.07, 6.45) is 0. The van der Waals surface area contributed by atoms with Crippen LogP contribution >= 0.6 is 11.8 Å². The fourth-order valence-corrected chi connectivity index (χ4v) is 2.01. The van der Waals surface area contributed by atoms with Gasteiger partial charge in [-0.15, -0.1) is 0 Å². The van der Waals surface area contributed by atoms with Gasteiger partial charge in [0.05, 0.1) is 13.7 Å². The fraction of sp³-hybridized carbons (Fsp3) is 0.333. The molecular weight excluding hydrogens is 252 g/mol. The van der Waals surface area contributed by atoms with Crippen molar-refractivity contribution in [2.24, 2.45) is 5.73 Å². The number of amidine groups is 1. The molecule has 0 saturated heterocycles. The Balaban J connectivity index is 3.07. The van der Waals surface area contributed by atoms with Crippen LogP contribution in [0.25, 0.3) is 0 Å². The van der Waals surface area contributed by atoms with E-state index in [4.69, 9.17) is 20.6 Å². The van der Waals surface area contributed by atoms with Crippen molar-refractivity contribution in [3.63, 3.8) is 0 Å². The second kappa shape index (κ2) is 6.90. The maximum atomic E-state index is 11.9. The lowest BCUT2D eigenvalue weighted by atomic mass is 10.1. The summed E-state index contributed by atoms with van der Waals surface area (Å²) in [6, 6.07) is 5.29. The van der Waals surface area contributed by atoms with Crippen LogP contribution < -0.4 is 10.5 Å². The van der Waals surface area contributed by atoms with E-state index in [0.717, 1.165) is 17.3 Å². The number of rotatable bonds is 5. The molecule has 0 aromatic heterocycles. The summed E-state index contributed by atoms with van der Waals surface area (Å²) in [5, 5.41) is 7.20. The number of nitrogens with one attached hydrogen (secondary N) is 1. The molecule has 0 radical (unpaired) electrons. The van der Waals surface area contributed by atoms with E-state index in [-0.39, 0.29) is 5.17 Å². The summed E-state index contributed by atoms with van der Waals surface area (Å²) in [7, 11) is 1.50. The van der Waals surface area contributed by atoms with Crippen LogP contribution in [0.1, 0.15) is 22.8 Å². The standard InChI is InChI=1S/C12H16N2O3S/c1-3-17-11(15)10-8(7-18-12(13)14)5-4-6-9(10)16-2/h4-6H,3,7H2,1-2H3,(H3,13,14). The molecule has 98 valence electrons. The molecule has 0 aliphatic carbocycles. The van der Waals surface area contributed by atoms with Crippen molar-refractivity contribution in [1.82, 2.24) is 0 Å². The predicted molar refractivity (Wildman–Crippen MR) is 72.2 cm³/mol. The van der Waals surface area contributed by atoms with Gasteiger partial charge in [0.15, 0.2) is 5.17 Å². The number of thioether (sulfide) groups is 1. The number of benzene rings is 1. The monoisotopic (exact) mass is 268 g/mol. The van der Waals surface area contributed by atoms with Crippen LogP contribution in [0.4, 0.5) is 0 Å². The van der Waals surface area contributed by atoms with Gasteiger partial charge in [-0.2, -0.15) is 0 Å². The number of hydrogen-bond donors (Lipinski definition) is 2. The van der Waals surface area contributed by atoms with E-state index in [9.17, 15) is 4.79 Å². The Morgan fingerprint density at radius 3 is 2.78 bits per heavy atom. The highest BCUT2D eigenvalue weighted by Crippen LogP contribution is 2.26. The van der Waals surface area contributed by atoms with Crippen LogP contribution in [0, 0.1) is 5.41 Å². The number of carbonyl (C=O) groups is 1. The van der Waals surface area contributed by atoms with E-state index >= 15 is 0 Å². The third-order valence-electron chi connectivity index (χ3n) is 2.20. The van der Waals surface area contributed by atoms with Crippen LogP contribution in [-0.2, 0) is 10.5 Å². The Morgan fingerprint density at radius 1 is 1.50 bits per heavy atom. The predicted octanol–water partition coefficient (Wildman–Crippen LogP) is 2.00. The largest absolute Gasteiger partial charge is 0.496 e. The summed E-state index contributed by atoms with van der Waals surface area (Å²) >= 11 is 1.15. The topological polar surface area (TPSA) is 85.4 Å². The average molecular weight is 268 g/mol. The van der Waals surface area contributed by atoms with Crippen molar-refractivity contribution >= 4 is 22.9 Å². The highest BCUT2D eigenvalue weighted by atomic mass is 32.2. The number of methoxy groups -OCH3 is 1. The molecule has 0 spiro atoms. The number of esters is 1. The molecule has 0 saturated carbocycles. The number of ether oxygens (including phenoxy) is 2. The Bertz CT molecular complexity index is 449. The Morgan fingerprint density at radius 2 is 2.22 bits per heavy atom. The molecule has 0 aliphatic rings. The molecule has 1 rings (SSSR count). The molecule has 1 aromatic rings. The van der Waals surface area contributed by atoms with Gasteiger partial charge in [0.25, 0.3) is 0 Å². The van der Waals surface area contributed by atoms with Crippen LogP contribution in [-0.4, -0.2) is 24.9 Å². The van der Waals surface area contributed by atoms with Crippen molar-refractivity contribution < 1.29 is 14.3 Å². The highest BCUT2D eigenvalue weighted by Gasteiger charge is 2.18. The molecule has 5 nitrogen and oxygen atoms in total. The SMILES string of the molecule is CCOC(=O)c1c(CSC(=N)N)cccc1OC. The molecule has 0 bridgehead atoms. The molecule has 0 fully saturated rings. The highest BCUT2D eigenvalue weighted by molar-refractivity contribution is 8.13. The summed E-state index contributed by atoms with van der Waals surface area (Å²) in [5.41, 5.74) is 6.44. The van der Waals surface area contributed by atoms with Crippen molar-refractivity contribution in [3.05, 3.63) is 29.3 Å². The fourth-order valence-electron chi connectivity index (χ4n) is 1.46. The van der Waals surface area contributed by atoms with Crippen LogP contribution in [0.2, 0.25) is 0 Å². The first-order valence-corrected chi connectivity index (χ1v) is 6.38. The minimum Gasteiger partial charge on any atom is -0.496 e. The van der Waals surface area contributed by atoms with Crippen LogP contribution in [0.3, 0.4) is 0 Å². The van der Waals surface area contributed by atoms with Crippen molar-refractivity contribution in [2.45, 2.75) is 12.7 Å². The maximum absolute atomic E-state index is 11.9. The Labute approximate surface area is 110 Å². The zero-order chi connectivity index (χ0) is 13.5. The first kappa shape index (κ1) is 14.4. The Hall–Kier alpha value is -1.69. The van der Waals surface area contributed by atoms with E-state index < -0.39 is 5.97 Å². The molecule has 0 aliphatic heterocycles. The average Bonchev–Trinajstić information content (AvgIpc) is 2.35. The van der Waals surface area contributed by atoms with Gasteiger partial charge in [-0.3, -0.25) is 5.41 Å². The minimum absolute atomic E-state index is 0.00706. The summed E-state index contributed by atoms with van der Waals surface area (Å²) < 4.78 is 10.2. The lowest BCUT2D eigenvalue weighted by Crippen LogP contribution is -2.11. The van der Waals surface area contributed by atoms with E-state index in [1.807, 2.05) is 0 Å². The van der Waals surface area contributed by atoms with Gasteiger partial charge in [-0.1, -0.05) is 23.9 Å². The molecule has 0 amide bonds. The smallest absolute Gasteiger partial charge is 0.342 e. The zero-order valence-electron chi connectivity index (χ0n) is 10.4. The van der Waals surface area contributed by atoms with Gasteiger partial charge >= 0.3 is 5.97 Å². The lowest BCUT2D eigenvalue weighted by Gasteiger charge is -2.12. The van der Waals surface area contributed by atoms with E-state index in [2.05, 4.69) is 0 Å². The van der Waals surface area contributed by atoms with Crippen LogP contribution in [0.5, 0.6) is 5.75 Å². The van der Waals surface area contributed by atoms with Gasteiger partial charge in [0, 0.05) is 5.75 Å². The quantitative estimate of drug-likeness (QED) is 0.484. The number of carbonyl (C=O) groups excluding carboxylic acids is 1. The molecule has 18 heavy (non-hydrogen) atoms. The molecule has 6 heteroatoms. The van der Waals surface area contributed by atoms with Crippen molar-refractivity contribution in [1.29, 1.82) is 5.41 Å². The van der Waals surface area contributed by atoms with Gasteiger partial charge in [-0.05, 0) is 18.6 Å². The normalized spacial score (nSPS) is 9.89. The molecule has 3 N–H and O–H groups in total. The van der Waals surface area contributed by atoms with Gasteiger partial charge < -0.3 is 15.2 Å². The first-order chi connectivity index (χ1) is 8.60. The molecule has 0 heterocycles. The third-order valence-corrected chi connectivity index (χ3v) is 2.96. The molecular formula is C12H16N2O3S. The maximum Gasteiger partial charge on any atom is 0.342 e. The van der Waals surface area contributed by atoms with Gasteiger partial charge in [0.2, 0.25) is 0 Å². The molecule has 0 atom stereocenters. The minimum atomic E-state index is -0.422. The van der Waals surface area contributed by atoms with Gasteiger partial charge in [-0.25, -0.2) is 4.79 Å². The van der Waals surface area contributed by atoms with Gasteiger partial charge in [0.1, 0.15) is 11.3 Å². The molecule has 0 unspecified atom stereocenters. The van der Waals surface area contributed by atoms with E-state index in [0.29, 0.717) is 23.7 Å². The summed E-state index contributed by atoms with van der Waals surface area (Å²) in [5.74, 6) is 0.477. The zero-order valence-corrected chi connectivity index (χ0v) is 11.2. The first-order valence-electron chi connectivity index (χ1n) is 5.40. The Kier molecular flexibility index (Phi) is 5.51. The van der Waals surface area contributed by atoms with Crippen molar-refractivity contribution in [2.75, 3.05) is 13.7 Å². The number of hydrogen-bond acceptors (Lipinski definition) is 5. The third kappa shape index (κ3) is 3.66. The summed E-state index contributed by atoms with van der Waals surface area (Å²) in [6.45, 7) is 2.05. The van der Waals surface area contributed by atoms with E-state index in [1.54, 1.807) is 25.1 Å². The number of nitrogens with two attached hydrogens (primary N) is 1.